The summed E-state index contributed by atoms with van der Waals surface area (Å²) in [7, 11) is 0. The second kappa shape index (κ2) is 11.0. The van der Waals surface area contributed by atoms with Gasteiger partial charge >= 0.3 is 0 Å². The predicted octanol–water partition coefficient (Wildman–Crippen LogP) is 3.95. The molecule has 0 aromatic rings. The van der Waals surface area contributed by atoms with Crippen molar-refractivity contribution < 1.29 is 9.78 Å². The topological polar surface area (TPSA) is 18.5 Å². The van der Waals surface area contributed by atoms with Crippen molar-refractivity contribution in [1.29, 1.82) is 0 Å². The van der Waals surface area contributed by atoms with Gasteiger partial charge in [0.05, 0.1) is 13.2 Å². The average Bonchev–Trinajstić information content (AvgIpc) is 2.15. The molecule has 0 fully saturated rings. The fourth-order valence-corrected chi connectivity index (χ4v) is 1.26. The third kappa shape index (κ3) is 11.9. The Bertz CT molecular complexity index is 102. The molecule has 0 N–H and O–H groups in total. The van der Waals surface area contributed by atoms with Gasteiger partial charge in [-0.25, -0.2) is 9.78 Å². The summed E-state index contributed by atoms with van der Waals surface area (Å²) in [5, 5.41) is 0. The molecule has 86 valence electrons. The van der Waals surface area contributed by atoms with E-state index in [-0.39, 0.29) is 0 Å². The van der Waals surface area contributed by atoms with Crippen molar-refractivity contribution in [3.05, 3.63) is 0 Å². The van der Waals surface area contributed by atoms with Gasteiger partial charge in [-0.05, 0) is 25.2 Å². The monoisotopic (exact) mass is 202 g/mol. The third-order valence-electron chi connectivity index (χ3n) is 2.17. The van der Waals surface area contributed by atoms with E-state index in [1.807, 2.05) is 0 Å². The fourth-order valence-electron chi connectivity index (χ4n) is 1.26. The first-order valence-electron chi connectivity index (χ1n) is 6.01. The molecule has 14 heavy (non-hydrogen) atoms. The molecule has 2 heteroatoms. The summed E-state index contributed by atoms with van der Waals surface area (Å²) in [6, 6.07) is 0. The van der Waals surface area contributed by atoms with Gasteiger partial charge in [0.25, 0.3) is 0 Å². The number of rotatable bonds is 10. The standard InChI is InChI=1S/C12H26O2/c1-4-5-6-7-10-13-14-11-8-9-12(2)3/h12H,4-11H2,1-3H3. The van der Waals surface area contributed by atoms with E-state index >= 15 is 0 Å². The molecule has 0 radical (unpaired) electrons. The molecule has 0 spiro atoms. The van der Waals surface area contributed by atoms with Gasteiger partial charge in [-0.3, -0.25) is 0 Å². The van der Waals surface area contributed by atoms with E-state index in [0.29, 0.717) is 0 Å². The molecular formula is C12H26O2. The first kappa shape index (κ1) is 13.9. The molecule has 0 aromatic carbocycles. The molecule has 0 bridgehead atoms. The van der Waals surface area contributed by atoms with Crippen LogP contribution in [0, 0.1) is 5.92 Å². The van der Waals surface area contributed by atoms with Gasteiger partial charge in [-0.15, -0.1) is 0 Å². The highest BCUT2D eigenvalue weighted by Gasteiger charge is 1.94. The lowest BCUT2D eigenvalue weighted by atomic mass is 10.1. The van der Waals surface area contributed by atoms with Crippen LogP contribution in [-0.4, -0.2) is 13.2 Å². The Balaban J connectivity index is 2.85. The van der Waals surface area contributed by atoms with Crippen LogP contribution in [0.25, 0.3) is 0 Å². The zero-order chi connectivity index (χ0) is 10.6. The van der Waals surface area contributed by atoms with E-state index in [9.17, 15) is 0 Å². The molecule has 0 saturated carbocycles. The van der Waals surface area contributed by atoms with Crippen LogP contribution in [-0.2, 0) is 9.78 Å². The minimum Gasteiger partial charge on any atom is -0.237 e. The molecule has 0 aliphatic heterocycles. The Morgan fingerprint density at radius 1 is 0.857 bits per heavy atom. The summed E-state index contributed by atoms with van der Waals surface area (Å²) < 4.78 is 0. The van der Waals surface area contributed by atoms with Gasteiger partial charge in [0.1, 0.15) is 0 Å². The first-order valence-corrected chi connectivity index (χ1v) is 6.01. The lowest BCUT2D eigenvalue weighted by molar-refractivity contribution is -0.295. The van der Waals surface area contributed by atoms with Crippen LogP contribution in [0.1, 0.15) is 59.3 Å². The second-order valence-electron chi connectivity index (χ2n) is 4.24. The largest absolute Gasteiger partial charge is 0.237 e. The number of hydrogen-bond donors (Lipinski definition) is 0. The van der Waals surface area contributed by atoms with E-state index in [2.05, 4.69) is 20.8 Å². The predicted molar refractivity (Wildman–Crippen MR) is 60.1 cm³/mol. The lowest BCUT2D eigenvalue weighted by Gasteiger charge is -2.05. The summed E-state index contributed by atoms with van der Waals surface area (Å²) in [6.45, 7) is 8.16. The quantitative estimate of drug-likeness (QED) is 0.303. The Morgan fingerprint density at radius 3 is 2.07 bits per heavy atom. The van der Waals surface area contributed by atoms with Crippen molar-refractivity contribution in [1.82, 2.24) is 0 Å². The highest BCUT2D eigenvalue weighted by atomic mass is 17.2. The Labute approximate surface area is 88.9 Å². The van der Waals surface area contributed by atoms with Gasteiger partial charge in [-0.2, -0.15) is 0 Å². The van der Waals surface area contributed by atoms with E-state index < -0.39 is 0 Å². The van der Waals surface area contributed by atoms with Crippen molar-refractivity contribution >= 4 is 0 Å². The Hall–Kier alpha value is -0.0800. The van der Waals surface area contributed by atoms with Crippen LogP contribution in [0.4, 0.5) is 0 Å². The normalized spacial score (nSPS) is 11.1. The fraction of sp³-hybridized carbons (Fsp3) is 1.00. The minimum absolute atomic E-state index is 0.742. The van der Waals surface area contributed by atoms with E-state index in [1.165, 1.54) is 25.7 Å². The molecule has 0 atom stereocenters. The van der Waals surface area contributed by atoms with Gasteiger partial charge in [0.2, 0.25) is 0 Å². The molecule has 0 rings (SSSR count). The van der Waals surface area contributed by atoms with Crippen molar-refractivity contribution in [3.8, 4) is 0 Å². The highest BCUT2D eigenvalue weighted by molar-refractivity contribution is 4.43. The maximum atomic E-state index is 5.06. The molecule has 0 unspecified atom stereocenters. The molecule has 0 aliphatic rings. The van der Waals surface area contributed by atoms with Gasteiger partial charge in [-0.1, -0.05) is 40.0 Å². The average molecular weight is 202 g/mol. The van der Waals surface area contributed by atoms with Crippen LogP contribution < -0.4 is 0 Å². The lowest BCUT2D eigenvalue weighted by Crippen LogP contribution is -2.00. The maximum absolute atomic E-state index is 5.06. The summed E-state index contributed by atoms with van der Waals surface area (Å²) in [6.07, 6.45) is 7.28. The minimum atomic E-state index is 0.742. The number of hydrogen-bond acceptors (Lipinski definition) is 2. The van der Waals surface area contributed by atoms with Gasteiger partial charge < -0.3 is 0 Å². The first-order chi connectivity index (χ1) is 6.77. The zero-order valence-corrected chi connectivity index (χ0v) is 10.1. The summed E-state index contributed by atoms with van der Waals surface area (Å²) in [4.78, 5) is 10.1. The molecule has 0 heterocycles. The summed E-state index contributed by atoms with van der Waals surface area (Å²) in [5.41, 5.74) is 0. The molecule has 0 aliphatic carbocycles. The molecule has 0 saturated heterocycles. The number of unbranched alkanes of at least 4 members (excludes halogenated alkanes) is 3. The van der Waals surface area contributed by atoms with E-state index in [1.54, 1.807) is 0 Å². The molecule has 0 amide bonds. The van der Waals surface area contributed by atoms with Gasteiger partial charge in [0, 0.05) is 0 Å². The van der Waals surface area contributed by atoms with Crippen LogP contribution >= 0.6 is 0 Å². The van der Waals surface area contributed by atoms with E-state index in [0.717, 1.165) is 32.0 Å². The molecule has 2 nitrogen and oxygen atoms in total. The Kier molecular flexibility index (Phi) is 10.9. The highest BCUT2D eigenvalue weighted by Crippen LogP contribution is 2.03. The zero-order valence-electron chi connectivity index (χ0n) is 10.1. The van der Waals surface area contributed by atoms with Crippen molar-refractivity contribution in [3.63, 3.8) is 0 Å². The van der Waals surface area contributed by atoms with Crippen LogP contribution in [0.5, 0.6) is 0 Å². The Morgan fingerprint density at radius 2 is 1.50 bits per heavy atom. The molecule has 0 aromatic heterocycles. The van der Waals surface area contributed by atoms with Gasteiger partial charge in [0.15, 0.2) is 0 Å². The van der Waals surface area contributed by atoms with E-state index in [4.69, 9.17) is 9.78 Å². The SMILES string of the molecule is CCCCCCOOCCCC(C)C. The maximum Gasteiger partial charge on any atom is 0.0822 e. The second-order valence-corrected chi connectivity index (χ2v) is 4.24. The summed E-state index contributed by atoms with van der Waals surface area (Å²) >= 11 is 0. The molecular weight excluding hydrogens is 176 g/mol. The van der Waals surface area contributed by atoms with Crippen molar-refractivity contribution in [2.75, 3.05) is 13.2 Å². The smallest absolute Gasteiger partial charge is 0.0822 e. The van der Waals surface area contributed by atoms with Crippen molar-refractivity contribution in [2.45, 2.75) is 59.3 Å². The van der Waals surface area contributed by atoms with Crippen molar-refractivity contribution in [2.24, 2.45) is 5.92 Å². The van der Waals surface area contributed by atoms with Crippen LogP contribution in [0.3, 0.4) is 0 Å². The summed E-state index contributed by atoms with van der Waals surface area (Å²) in [5.74, 6) is 0.767. The van der Waals surface area contributed by atoms with Crippen LogP contribution in [0.15, 0.2) is 0 Å². The van der Waals surface area contributed by atoms with Crippen LogP contribution in [0.2, 0.25) is 0 Å². The third-order valence-corrected chi connectivity index (χ3v) is 2.17.